The molecule has 0 atom stereocenters. The highest BCUT2D eigenvalue weighted by molar-refractivity contribution is 6.07. The number of fused-ring (bicyclic) bond motifs is 2. The summed E-state index contributed by atoms with van der Waals surface area (Å²) in [6.45, 7) is 4.37. The number of H-pyrrole nitrogens is 1. The third-order valence-corrected chi connectivity index (χ3v) is 7.98. The molecule has 7 heteroatoms. The number of aromatic amines is 1. The van der Waals surface area contributed by atoms with E-state index in [4.69, 9.17) is 14.7 Å². The number of hydrogen-bond donors (Lipinski definition) is 2. The van der Waals surface area contributed by atoms with E-state index in [1.807, 2.05) is 55.4 Å². The van der Waals surface area contributed by atoms with Crippen LogP contribution in [0.15, 0.2) is 89.9 Å². The van der Waals surface area contributed by atoms with Gasteiger partial charge in [-0.25, -0.2) is 4.98 Å². The number of nitrogens with one attached hydrogen (secondary N) is 2. The van der Waals surface area contributed by atoms with Crippen LogP contribution in [0.1, 0.15) is 47.7 Å². The van der Waals surface area contributed by atoms with Gasteiger partial charge >= 0.3 is 0 Å². The van der Waals surface area contributed by atoms with Gasteiger partial charge in [0.05, 0.1) is 29.0 Å². The Hall–Kier alpha value is -4.75. The van der Waals surface area contributed by atoms with Crippen LogP contribution in [-0.4, -0.2) is 60.3 Å². The van der Waals surface area contributed by atoms with Crippen molar-refractivity contribution in [2.75, 3.05) is 33.8 Å². The number of aliphatic imine (C=N–C) groups is 1. The molecule has 44 heavy (non-hydrogen) atoms. The molecule has 7 nitrogen and oxygen atoms in total. The first kappa shape index (κ1) is 29.3. The van der Waals surface area contributed by atoms with E-state index in [0.717, 1.165) is 82.3 Å². The van der Waals surface area contributed by atoms with Crippen LogP contribution in [0.25, 0.3) is 33.5 Å². The van der Waals surface area contributed by atoms with E-state index in [1.54, 1.807) is 0 Å². The molecule has 0 aliphatic carbocycles. The molecule has 0 radical (unpaired) electrons. The van der Waals surface area contributed by atoms with Crippen LogP contribution in [-0.2, 0) is 6.42 Å². The number of amides is 1. The van der Waals surface area contributed by atoms with Crippen molar-refractivity contribution in [2.45, 2.75) is 32.6 Å². The van der Waals surface area contributed by atoms with Gasteiger partial charge in [0.25, 0.3) is 5.91 Å². The molecule has 0 fully saturated rings. The summed E-state index contributed by atoms with van der Waals surface area (Å²) >= 11 is 0. The second kappa shape index (κ2) is 13.3. The Kier molecular flexibility index (Phi) is 8.84. The first-order valence-electron chi connectivity index (χ1n) is 15.4. The molecule has 224 valence electrons. The highest BCUT2D eigenvalue weighted by Crippen LogP contribution is 2.34. The third-order valence-electron chi connectivity index (χ3n) is 7.98. The zero-order valence-electron chi connectivity index (χ0n) is 25.7. The summed E-state index contributed by atoms with van der Waals surface area (Å²) < 4.78 is 5.86. The lowest BCUT2D eigenvalue weighted by Gasteiger charge is -2.10. The van der Waals surface area contributed by atoms with Gasteiger partial charge in [-0.2, -0.15) is 0 Å². The SMILES string of the molecule is CCCCCOc1ccc(-c2nc3ccc(-c4ccc5c(c4)N=C(c4ccc(C(=O)NCCN(C)C)cc4)C5)cc3[nH]2)cc1. The molecule has 0 saturated heterocycles. The molecule has 2 heterocycles. The molecule has 4 aromatic carbocycles. The van der Waals surface area contributed by atoms with E-state index < -0.39 is 0 Å². The Morgan fingerprint density at radius 1 is 0.886 bits per heavy atom. The largest absolute Gasteiger partial charge is 0.494 e. The van der Waals surface area contributed by atoms with Gasteiger partial charge in [0.2, 0.25) is 0 Å². The predicted octanol–water partition coefficient (Wildman–Crippen LogP) is 7.43. The van der Waals surface area contributed by atoms with Crippen molar-refractivity contribution in [1.82, 2.24) is 20.2 Å². The van der Waals surface area contributed by atoms with Crippen molar-refractivity contribution in [3.63, 3.8) is 0 Å². The molecular weight excluding hydrogens is 546 g/mol. The van der Waals surface area contributed by atoms with Gasteiger partial charge in [0, 0.05) is 30.6 Å². The number of hydrogen-bond acceptors (Lipinski definition) is 5. The van der Waals surface area contributed by atoms with Gasteiger partial charge in [-0.1, -0.05) is 50.1 Å². The van der Waals surface area contributed by atoms with E-state index in [9.17, 15) is 4.79 Å². The second-order valence-electron chi connectivity index (χ2n) is 11.6. The fourth-order valence-electron chi connectivity index (χ4n) is 5.42. The highest BCUT2D eigenvalue weighted by atomic mass is 16.5. The molecule has 0 unspecified atom stereocenters. The third kappa shape index (κ3) is 6.74. The maximum atomic E-state index is 12.5. The van der Waals surface area contributed by atoms with Crippen LogP contribution in [0.3, 0.4) is 0 Å². The van der Waals surface area contributed by atoms with Crippen molar-refractivity contribution in [3.8, 4) is 28.3 Å². The normalized spacial score (nSPS) is 12.4. The van der Waals surface area contributed by atoms with Gasteiger partial charge in [0.1, 0.15) is 11.6 Å². The lowest BCUT2D eigenvalue weighted by molar-refractivity contribution is 0.0951. The van der Waals surface area contributed by atoms with E-state index in [1.165, 1.54) is 18.4 Å². The minimum Gasteiger partial charge on any atom is -0.494 e. The standard InChI is InChI=1S/C37H39N5O2/c1-4-5-6-21-44-31-16-13-26(14-17-31)36-40-32-18-15-29(23-35(32)41-36)28-11-12-30-24-33(39-34(30)22-28)25-7-9-27(10-8-25)37(43)38-19-20-42(2)3/h7-18,22-23H,4-6,19-21,24H2,1-3H3,(H,38,43)(H,40,41). The Morgan fingerprint density at radius 2 is 1.61 bits per heavy atom. The summed E-state index contributed by atoms with van der Waals surface area (Å²) in [7, 11) is 3.98. The Labute approximate surface area is 259 Å². The van der Waals surface area contributed by atoms with Gasteiger partial charge in [-0.3, -0.25) is 9.79 Å². The lowest BCUT2D eigenvalue weighted by atomic mass is 9.99. The van der Waals surface area contributed by atoms with Crippen molar-refractivity contribution in [2.24, 2.45) is 4.99 Å². The van der Waals surface area contributed by atoms with Crippen LogP contribution < -0.4 is 10.1 Å². The maximum absolute atomic E-state index is 12.5. The van der Waals surface area contributed by atoms with Crippen molar-refractivity contribution < 1.29 is 9.53 Å². The monoisotopic (exact) mass is 585 g/mol. The summed E-state index contributed by atoms with van der Waals surface area (Å²) in [5, 5.41) is 2.97. The number of carbonyl (C=O) groups excluding carboxylic acids is 1. The van der Waals surface area contributed by atoms with E-state index in [2.05, 4.69) is 65.8 Å². The Morgan fingerprint density at radius 3 is 2.39 bits per heavy atom. The number of ether oxygens (including phenoxy) is 1. The quantitative estimate of drug-likeness (QED) is 0.149. The number of unbranched alkanes of at least 4 members (excludes halogenated alkanes) is 2. The topological polar surface area (TPSA) is 82.6 Å². The molecule has 1 aliphatic rings. The Balaban J connectivity index is 1.14. The number of carbonyl (C=O) groups is 1. The van der Waals surface area contributed by atoms with Crippen molar-refractivity contribution in [1.29, 1.82) is 0 Å². The lowest BCUT2D eigenvalue weighted by Crippen LogP contribution is -2.31. The molecule has 5 aromatic rings. The summed E-state index contributed by atoms with van der Waals surface area (Å²) in [5.74, 6) is 1.68. The molecule has 1 aliphatic heterocycles. The van der Waals surface area contributed by atoms with Gasteiger partial charge in [-0.05, 0) is 97.4 Å². The number of likely N-dealkylation sites (N-methyl/N-ethyl adjacent to an activating group) is 1. The molecular formula is C37H39N5O2. The maximum Gasteiger partial charge on any atom is 0.251 e. The molecule has 6 rings (SSSR count). The number of nitrogens with zero attached hydrogens (tertiary/aromatic N) is 3. The summed E-state index contributed by atoms with van der Waals surface area (Å²) in [5.41, 5.74) is 10.1. The zero-order chi connectivity index (χ0) is 30.5. The van der Waals surface area contributed by atoms with Crippen LogP contribution in [0.2, 0.25) is 0 Å². The number of benzene rings is 4. The van der Waals surface area contributed by atoms with E-state index >= 15 is 0 Å². The Bertz CT molecular complexity index is 1790. The first-order chi connectivity index (χ1) is 21.5. The zero-order valence-corrected chi connectivity index (χ0v) is 25.7. The molecule has 0 bridgehead atoms. The van der Waals surface area contributed by atoms with Crippen molar-refractivity contribution in [3.05, 3.63) is 102 Å². The van der Waals surface area contributed by atoms with Gasteiger partial charge in [-0.15, -0.1) is 0 Å². The predicted molar refractivity (Wildman–Crippen MR) is 179 cm³/mol. The van der Waals surface area contributed by atoms with Crippen LogP contribution in [0.4, 0.5) is 5.69 Å². The van der Waals surface area contributed by atoms with Gasteiger partial charge in [0.15, 0.2) is 0 Å². The van der Waals surface area contributed by atoms with Gasteiger partial charge < -0.3 is 19.9 Å². The van der Waals surface area contributed by atoms with Crippen LogP contribution in [0.5, 0.6) is 5.75 Å². The molecule has 1 amide bonds. The minimum absolute atomic E-state index is 0.0540. The molecule has 2 N–H and O–H groups in total. The smallest absolute Gasteiger partial charge is 0.251 e. The van der Waals surface area contributed by atoms with Crippen LogP contribution >= 0.6 is 0 Å². The van der Waals surface area contributed by atoms with E-state index in [0.29, 0.717) is 12.1 Å². The summed E-state index contributed by atoms with van der Waals surface area (Å²) in [6, 6.07) is 28.7. The summed E-state index contributed by atoms with van der Waals surface area (Å²) in [4.78, 5) is 27.8. The average Bonchev–Trinajstić information content (AvgIpc) is 3.67. The minimum atomic E-state index is -0.0540. The molecule has 1 aromatic heterocycles. The highest BCUT2D eigenvalue weighted by Gasteiger charge is 2.18. The van der Waals surface area contributed by atoms with E-state index in [-0.39, 0.29) is 5.91 Å². The summed E-state index contributed by atoms with van der Waals surface area (Å²) in [6.07, 6.45) is 4.23. The number of imidazole rings is 1. The molecule has 0 saturated carbocycles. The fourth-order valence-corrected chi connectivity index (χ4v) is 5.42. The first-order valence-corrected chi connectivity index (χ1v) is 15.4. The second-order valence-corrected chi connectivity index (χ2v) is 11.6. The number of rotatable bonds is 12. The average molecular weight is 586 g/mol. The fraction of sp³-hybridized carbons (Fsp3) is 0.270. The molecule has 0 spiro atoms. The van der Waals surface area contributed by atoms with Crippen LogP contribution in [0, 0.1) is 0 Å². The van der Waals surface area contributed by atoms with Crippen molar-refractivity contribution >= 4 is 28.3 Å². The number of aromatic nitrogens is 2.